The summed E-state index contributed by atoms with van der Waals surface area (Å²) in [7, 11) is 0. The van der Waals surface area contributed by atoms with Gasteiger partial charge in [0.25, 0.3) is 0 Å². The standard InChI is InChI=1S/C13H7F5O2S/c1-6-3-2-4-7(5-6)21(19)20-13-11(17)9(15)8(14)10(16)12(13)18/h2-5H,1H3. The first-order valence-electron chi connectivity index (χ1n) is 5.51. The molecule has 1 unspecified atom stereocenters. The summed E-state index contributed by atoms with van der Waals surface area (Å²) in [6, 6.07) is 5.89. The van der Waals surface area contributed by atoms with Crippen LogP contribution in [0.5, 0.6) is 5.75 Å². The molecule has 1 atom stereocenters. The molecule has 0 aliphatic rings. The molecule has 2 aromatic carbocycles. The van der Waals surface area contributed by atoms with Crippen LogP contribution in [0, 0.1) is 36.0 Å². The van der Waals surface area contributed by atoms with Gasteiger partial charge in [0.2, 0.25) is 45.9 Å². The van der Waals surface area contributed by atoms with Crippen molar-refractivity contribution in [1.29, 1.82) is 0 Å². The Hall–Kier alpha value is -1.96. The zero-order valence-electron chi connectivity index (χ0n) is 10.4. The molecule has 0 aliphatic carbocycles. The van der Waals surface area contributed by atoms with Gasteiger partial charge in [-0.1, -0.05) is 12.1 Å². The highest BCUT2D eigenvalue weighted by Crippen LogP contribution is 2.30. The van der Waals surface area contributed by atoms with Gasteiger partial charge in [0, 0.05) is 0 Å². The van der Waals surface area contributed by atoms with Gasteiger partial charge in [0.15, 0.2) is 0 Å². The van der Waals surface area contributed by atoms with Crippen molar-refractivity contribution in [2.45, 2.75) is 11.8 Å². The van der Waals surface area contributed by atoms with Gasteiger partial charge in [-0.05, 0) is 24.6 Å². The van der Waals surface area contributed by atoms with Crippen molar-refractivity contribution >= 4 is 11.1 Å². The summed E-state index contributed by atoms with van der Waals surface area (Å²) in [5, 5.41) is 0. The van der Waals surface area contributed by atoms with E-state index in [1.54, 1.807) is 13.0 Å². The molecule has 0 saturated heterocycles. The first-order valence-corrected chi connectivity index (χ1v) is 6.58. The van der Waals surface area contributed by atoms with E-state index in [9.17, 15) is 26.2 Å². The Bertz CT molecular complexity index is 704. The van der Waals surface area contributed by atoms with Crippen molar-refractivity contribution in [2.75, 3.05) is 0 Å². The van der Waals surface area contributed by atoms with E-state index in [4.69, 9.17) is 0 Å². The zero-order valence-corrected chi connectivity index (χ0v) is 11.2. The molecule has 0 N–H and O–H groups in total. The quantitative estimate of drug-likeness (QED) is 0.488. The molecule has 21 heavy (non-hydrogen) atoms. The molecule has 0 fully saturated rings. The van der Waals surface area contributed by atoms with Gasteiger partial charge in [-0.25, -0.2) is 17.4 Å². The maximum absolute atomic E-state index is 13.4. The molecule has 2 nitrogen and oxygen atoms in total. The molecule has 8 heteroatoms. The Labute approximate surface area is 118 Å². The van der Waals surface area contributed by atoms with E-state index in [-0.39, 0.29) is 4.90 Å². The Morgan fingerprint density at radius 2 is 1.43 bits per heavy atom. The lowest BCUT2D eigenvalue weighted by Gasteiger charge is -2.09. The third kappa shape index (κ3) is 2.90. The van der Waals surface area contributed by atoms with Gasteiger partial charge < -0.3 is 4.18 Å². The summed E-state index contributed by atoms with van der Waals surface area (Å²) in [5.74, 6) is -12.6. The number of benzene rings is 2. The lowest BCUT2D eigenvalue weighted by atomic mass is 10.2. The highest BCUT2D eigenvalue weighted by molar-refractivity contribution is 7.80. The fourth-order valence-corrected chi connectivity index (χ4v) is 2.37. The first-order chi connectivity index (χ1) is 9.82. The van der Waals surface area contributed by atoms with Crippen molar-refractivity contribution < 1.29 is 30.3 Å². The number of hydrogen-bond donors (Lipinski definition) is 0. The number of aryl methyl sites for hydroxylation is 1. The largest absolute Gasteiger partial charge is 0.390 e. The van der Waals surface area contributed by atoms with E-state index in [2.05, 4.69) is 4.18 Å². The van der Waals surface area contributed by atoms with Crippen LogP contribution in [0.25, 0.3) is 0 Å². The topological polar surface area (TPSA) is 26.3 Å². The van der Waals surface area contributed by atoms with Crippen molar-refractivity contribution in [1.82, 2.24) is 0 Å². The molecule has 0 heterocycles. The van der Waals surface area contributed by atoms with Gasteiger partial charge in [0.05, 0.1) is 4.90 Å². The SMILES string of the molecule is Cc1cccc(S(=O)Oc2c(F)c(F)c(F)c(F)c2F)c1. The average molecular weight is 322 g/mol. The van der Waals surface area contributed by atoms with Crippen LogP contribution in [0.1, 0.15) is 5.56 Å². The van der Waals surface area contributed by atoms with Crippen LogP contribution < -0.4 is 4.18 Å². The molecule has 0 bridgehead atoms. The first kappa shape index (κ1) is 15.4. The molecular formula is C13H7F5O2S. The van der Waals surface area contributed by atoms with E-state index in [1.165, 1.54) is 18.2 Å². The molecule has 0 spiro atoms. The van der Waals surface area contributed by atoms with Crippen LogP contribution in [0.4, 0.5) is 22.0 Å². The minimum absolute atomic E-state index is 0.0268. The van der Waals surface area contributed by atoms with Gasteiger partial charge >= 0.3 is 0 Å². The predicted molar refractivity (Wildman–Crippen MR) is 64.4 cm³/mol. The molecule has 0 saturated carbocycles. The minimum atomic E-state index is -2.42. The van der Waals surface area contributed by atoms with E-state index >= 15 is 0 Å². The van der Waals surface area contributed by atoms with Crippen molar-refractivity contribution in [2.24, 2.45) is 0 Å². The van der Waals surface area contributed by atoms with Crippen LogP contribution in [0.2, 0.25) is 0 Å². The summed E-state index contributed by atoms with van der Waals surface area (Å²) < 4.78 is 81.8. The number of halogens is 5. The van der Waals surface area contributed by atoms with Crippen LogP contribution in [0.15, 0.2) is 29.2 Å². The smallest absolute Gasteiger partial charge is 0.240 e. The Morgan fingerprint density at radius 3 is 1.95 bits per heavy atom. The highest BCUT2D eigenvalue weighted by atomic mass is 32.2. The third-order valence-electron chi connectivity index (χ3n) is 2.51. The van der Waals surface area contributed by atoms with Crippen LogP contribution >= 0.6 is 0 Å². The second kappa shape index (κ2) is 5.80. The van der Waals surface area contributed by atoms with Crippen molar-refractivity contribution in [3.8, 4) is 5.75 Å². The third-order valence-corrected chi connectivity index (χ3v) is 3.47. The van der Waals surface area contributed by atoms with E-state index in [0.717, 1.165) is 0 Å². The summed E-state index contributed by atoms with van der Waals surface area (Å²) in [6.07, 6.45) is 0. The summed E-state index contributed by atoms with van der Waals surface area (Å²) in [6.45, 7) is 1.67. The molecule has 0 aliphatic heterocycles. The van der Waals surface area contributed by atoms with Crippen molar-refractivity contribution in [3.63, 3.8) is 0 Å². The lowest BCUT2D eigenvalue weighted by Crippen LogP contribution is -2.09. The van der Waals surface area contributed by atoms with E-state index in [1.807, 2.05) is 0 Å². The minimum Gasteiger partial charge on any atom is -0.390 e. The summed E-state index contributed by atoms with van der Waals surface area (Å²) in [5.41, 5.74) is 0.682. The Balaban J connectivity index is 2.43. The number of rotatable bonds is 3. The summed E-state index contributed by atoms with van der Waals surface area (Å²) >= 11 is -2.42. The molecule has 112 valence electrons. The molecular weight excluding hydrogens is 315 g/mol. The Kier molecular flexibility index (Phi) is 4.26. The summed E-state index contributed by atoms with van der Waals surface area (Å²) in [4.78, 5) is 0.0268. The van der Waals surface area contributed by atoms with Crippen LogP contribution in [0.3, 0.4) is 0 Å². The Morgan fingerprint density at radius 1 is 0.905 bits per heavy atom. The van der Waals surface area contributed by atoms with Crippen LogP contribution in [-0.4, -0.2) is 4.21 Å². The molecule has 2 aromatic rings. The maximum atomic E-state index is 13.4. The van der Waals surface area contributed by atoms with Crippen molar-refractivity contribution in [3.05, 3.63) is 58.9 Å². The molecule has 0 amide bonds. The molecule has 0 aromatic heterocycles. The van der Waals surface area contributed by atoms with Crippen LogP contribution in [-0.2, 0) is 11.1 Å². The molecule has 2 rings (SSSR count). The maximum Gasteiger partial charge on any atom is 0.240 e. The number of hydrogen-bond acceptors (Lipinski definition) is 2. The fraction of sp³-hybridized carbons (Fsp3) is 0.0769. The predicted octanol–water partition coefficient (Wildman–Crippen LogP) is 3.79. The fourth-order valence-electron chi connectivity index (χ4n) is 1.50. The lowest BCUT2D eigenvalue weighted by molar-refractivity contribution is 0.352. The van der Waals surface area contributed by atoms with Gasteiger partial charge in [0.1, 0.15) is 0 Å². The van der Waals surface area contributed by atoms with Gasteiger partial charge in [-0.3, -0.25) is 0 Å². The zero-order chi connectivity index (χ0) is 15.7. The monoisotopic (exact) mass is 322 g/mol. The second-order valence-corrected chi connectivity index (χ2v) is 5.14. The molecule has 0 radical (unpaired) electrons. The van der Waals surface area contributed by atoms with E-state index < -0.39 is 45.9 Å². The normalized spacial score (nSPS) is 12.3. The second-order valence-electron chi connectivity index (χ2n) is 4.03. The average Bonchev–Trinajstić information content (AvgIpc) is 2.47. The van der Waals surface area contributed by atoms with Gasteiger partial charge in [-0.2, -0.15) is 8.78 Å². The van der Waals surface area contributed by atoms with E-state index in [0.29, 0.717) is 5.56 Å². The van der Waals surface area contributed by atoms with Gasteiger partial charge in [-0.15, -0.1) is 0 Å². The highest BCUT2D eigenvalue weighted by Gasteiger charge is 2.28.